The Hall–Kier alpha value is -0.0400. The van der Waals surface area contributed by atoms with Crippen LogP contribution < -0.4 is 5.73 Å². The predicted molar refractivity (Wildman–Crippen MR) is 91.1 cm³/mol. The quantitative estimate of drug-likeness (QED) is 0.711. The van der Waals surface area contributed by atoms with Gasteiger partial charge in [-0.05, 0) is 93.3 Å². The zero-order valence-electron chi connectivity index (χ0n) is 14.4. The fourth-order valence-electron chi connectivity index (χ4n) is 5.75. The molecule has 1 nitrogen and oxygen atoms in total. The van der Waals surface area contributed by atoms with Gasteiger partial charge in [0.15, 0.2) is 0 Å². The van der Waals surface area contributed by atoms with Crippen molar-refractivity contribution in [3.05, 3.63) is 0 Å². The van der Waals surface area contributed by atoms with Crippen molar-refractivity contribution in [1.82, 2.24) is 0 Å². The van der Waals surface area contributed by atoms with Crippen LogP contribution in [0.25, 0.3) is 0 Å². The summed E-state index contributed by atoms with van der Waals surface area (Å²) in [6.07, 6.45) is 17.5. The highest BCUT2D eigenvalue weighted by Gasteiger charge is 2.40. The van der Waals surface area contributed by atoms with Gasteiger partial charge in [0.1, 0.15) is 0 Å². The highest BCUT2D eigenvalue weighted by molar-refractivity contribution is 4.92. The molecule has 0 aromatic carbocycles. The average Bonchev–Trinajstić information content (AvgIpc) is 2.50. The van der Waals surface area contributed by atoms with Crippen molar-refractivity contribution in [3.8, 4) is 0 Å². The molecule has 2 N–H and O–H groups in total. The lowest BCUT2D eigenvalue weighted by Gasteiger charge is -2.47. The second kappa shape index (κ2) is 6.60. The van der Waals surface area contributed by atoms with Crippen LogP contribution in [-0.2, 0) is 0 Å². The second-order valence-corrected chi connectivity index (χ2v) is 9.12. The molecule has 0 spiro atoms. The van der Waals surface area contributed by atoms with Crippen LogP contribution in [0.1, 0.15) is 90.9 Å². The maximum absolute atomic E-state index is 6.08. The van der Waals surface area contributed by atoms with Crippen LogP contribution in [-0.4, -0.2) is 6.04 Å². The second-order valence-electron chi connectivity index (χ2n) is 9.12. The molecule has 3 aliphatic carbocycles. The molecule has 3 saturated carbocycles. The van der Waals surface area contributed by atoms with Gasteiger partial charge in [-0.15, -0.1) is 0 Å². The summed E-state index contributed by atoms with van der Waals surface area (Å²) in [4.78, 5) is 0. The fourth-order valence-corrected chi connectivity index (χ4v) is 5.75. The van der Waals surface area contributed by atoms with Crippen LogP contribution in [0.15, 0.2) is 0 Å². The van der Waals surface area contributed by atoms with Gasteiger partial charge in [0.05, 0.1) is 0 Å². The van der Waals surface area contributed by atoms with Crippen LogP contribution >= 0.6 is 0 Å². The van der Waals surface area contributed by atoms with E-state index in [4.69, 9.17) is 5.73 Å². The molecule has 0 aromatic heterocycles. The van der Waals surface area contributed by atoms with E-state index >= 15 is 0 Å². The molecule has 21 heavy (non-hydrogen) atoms. The molecule has 1 heteroatoms. The number of nitrogens with two attached hydrogens (primary N) is 1. The fraction of sp³-hybridized carbons (Fsp3) is 1.00. The molecule has 0 radical (unpaired) electrons. The normalized spacial score (nSPS) is 49.0. The van der Waals surface area contributed by atoms with Crippen molar-refractivity contribution in [2.75, 3.05) is 0 Å². The lowest BCUT2D eigenvalue weighted by Crippen LogP contribution is -2.37. The monoisotopic (exact) mass is 291 g/mol. The molecule has 0 bridgehead atoms. The maximum atomic E-state index is 6.08. The van der Waals surface area contributed by atoms with Crippen molar-refractivity contribution in [1.29, 1.82) is 0 Å². The number of hydrogen-bond acceptors (Lipinski definition) is 1. The van der Waals surface area contributed by atoms with E-state index in [9.17, 15) is 0 Å². The summed E-state index contributed by atoms with van der Waals surface area (Å²) in [6, 6.07) is 0.513. The molecule has 0 aliphatic heterocycles. The van der Waals surface area contributed by atoms with Gasteiger partial charge >= 0.3 is 0 Å². The van der Waals surface area contributed by atoms with Gasteiger partial charge in [0, 0.05) is 6.04 Å². The summed E-state index contributed by atoms with van der Waals surface area (Å²) in [5.74, 6) is 4.08. The minimum atomic E-state index is 0.513. The van der Waals surface area contributed by atoms with Crippen LogP contribution in [0.3, 0.4) is 0 Å². The van der Waals surface area contributed by atoms with Crippen molar-refractivity contribution in [3.63, 3.8) is 0 Å². The lowest BCUT2D eigenvalue weighted by atomic mass is 9.58. The Morgan fingerprint density at radius 2 is 1.24 bits per heavy atom. The molecule has 122 valence electrons. The van der Waals surface area contributed by atoms with Crippen LogP contribution in [0, 0.1) is 29.1 Å². The van der Waals surface area contributed by atoms with E-state index in [1.54, 1.807) is 0 Å². The molecular weight excluding hydrogens is 254 g/mol. The molecule has 0 amide bonds. The highest BCUT2D eigenvalue weighted by Crippen LogP contribution is 2.52. The van der Waals surface area contributed by atoms with Gasteiger partial charge in [-0.2, -0.15) is 0 Å². The molecule has 3 fully saturated rings. The standard InChI is InChI=1S/C20H37N/c1-15-3-7-18(8-4-15)20(2)13-11-17(12-14-20)16-5-9-19(21)10-6-16/h15-19H,3-14,21H2,1-2H3. The van der Waals surface area contributed by atoms with E-state index in [1.807, 2.05) is 0 Å². The van der Waals surface area contributed by atoms with E-state index in [1.165, 1.54) is 77.0 Å². The Morgan fingerprint density at radius 1 is 0.714 bits per heavy atom. The van der Waals surface area contributed by atoms with Gasteiger partial charge in [0.25, 0.3) is 0 Å². The maximum Gasteiger partial charge on any atom is 0.00390 e. The zero-order chi connectivity index (χ0) is 14.9. The van der Waals surface area contributed by atoms with Gasteiger partial charge in [-0.1, -0.05) is 26.7 Å². The number of rotatable bonds is 2. The molecule has 0 heterocycles. The molecule has 0 aromatic rings. The summed E-state index contributed by atoms with van der Waals surface area (Å²) >= 11 is 0. The van der Waals surface area contributed by atoms with Crippen molar-refractivity contribution in [2.24, 2.45) is 34.8 Å². The van der Waals surface area contributed by atoms with E-state index in [2.05, 4.69) is 13.8 Å². The Labute approximate surface area is 132 Å². The van der Waals surface area contributed by atoms with E-state index in [0.29, 0.717) is 11.5 Å². The van der Waals surface area contributed by atoms with Crippen molar-refractivity contribution in [2.45, 2.75) is 96.9 Å². The highest BCUT2D eigenvalue weighted by atomic mass is 14.6. The Morgan fingerprint density at radius 3 is 1.81 bits per heavy atom. The van der Waals surface area contributed by atoms with Gasteiger partial charge in [-0.25, -0.2) is 0 Å². The first-order chi connectivity index (χ1) is 10.1. The molecule has 3 aliphatic rings. The lowest BCUT2D eigenvalue weighted by molar-refractivity contribution is 0.0383. The Balaban J connectivity index is 1.50. The zero-order valence-corrected chi connectivity index (χ0v) is 14.4. The largest absolute Gasteiger partial charge is 0.328 e. The summed E-state index contributed by atoms with van der Waals surface area (Å²) < 4.78 is 0. The molecule has 0 atom stereocenters. The van der Waals surface area contributed by atoms with Crippen molar-refractivity contribution < 1.29 is 0 Å². The van der Waals surface area contributed by atoms with Crippen LogP contribution in [0.2, 0.25) is 0 Å². The van der Waals surface area contributed by atoms with Crippen LogP contribution in [0.4, 0.5) is 0 Å². The Bertz CT molecular complexity index is 313. The minimum absolute atomic E-state index is 0.513. The first-order valence-electron chi connectivity index (χ1n) is 9.82. The third-order valence-corrected chi connectivity index (χ3v) is 7.66. The Kier molecular flexibility index (Phi) is 4.98. The smallest absolute Gasteiger partial charge is 0.00390 e. The first-order valence-corrected chi connectivity index (χ1v) is 9.82. The average molecular weight is 292 g/mol. The van der Waals surface area contributed by atoms with E-state index < -0.39 is 0 Å². The van der Waals surface area contributed by atoms with Crippen molar-refractivity contribution >= 4 is 0 Å². The molecular formula is C20H37N. The summed E-state index contributed by atoms with van der Waals surface area (Å²) in [7, 11) is 0. The summed E-state index contributed by atoms with van der Waals surface area (Å²) in [5.41, 5.74) is 6.76. The van der Waals surface area contributed by atoms with E-state index in [0.717, 1.165) is 23.7 Å². The third-order valence-electron chi connectivity index (χ3n) is 7.66. The van der Waals surface area contributed by atoms with Gasteiger partial charge in [0.2, 0.25) is 0 Å². The minimum Gasteiger partial charge on any atom is -0.328 e. The topological polar surface area (TPSA) is 26.0 Å². The van der Waals surface area contributed by atoms with Crippen LogP contribution in [0.5, 0.6) is 0 Å². The van der Waals surface area contributed by atoms with E-state index in [-0.39, 0.29) is 0 Å². The SMILES string of the molecule is CC1CCC(C2(C)CCC(C3CCC(N)CC3)CC2)CC1. The summed E-state index contributed by atoms with van der Waals surface area (Å²) in [6.45, 7) is 5.07. The molecule has 0 unspecified atom stereocenters. The molecule has 3 rings (SSSR count). The predicted octanol–water partition coefficient (Wildman–Crippen LogP) is 5.53. The first kappa shape index (κ1) is 15.8. The third kappa shape index (κ3) is 3.66. The molecule has 0 saturated heterocycles. The number of hydrogen-bond donors (Lipinski definition) is 1. The van der Waals surface area contributed by atoms with Gasteiger partial charge < -0.3 is 5.73 Å². The van der Waals surface area contributed by atoms with Gasteiger partial charge in [-0.3, -0.25) is 0 Å². The summed E-state index contributed by atoms with van der Waals surface area (Å²) in [5, 5.41) is 0.